The first-order chi connectivity index (χ1) is 11.2. The first-order valence-electron chi connectivity index (χ1n) is 7.44. The van der Waals surface area contributed by atoms with Crippen LogP contribution in [0.15, 0.2) is 46.9 Å². The number of nitrogens with one attached hydrogen (secondary N) is 1. The second kappa shape index (κ2) is 6.52. The number of ether oxygens (including phenoxy) is 1. The zero-order valence-corrected chi connectivity index (χ0v) is 13.1. The van der Waals surface area contributed by atoms with Gasteiger partial charge in [0.25, 0.3) is 0 Å². The van der Waals surface area contributed by atoms with Crippen molar-refractivity contribution in [2.45, 2.75) is 19.8 Å². The van der Waals surface area contributed by atoms with Gasteiger partial charge in [-0.05, 0) is 36.2 Å². The number of methoxy groups -OCH3 is 1. The summed E-state index contributed by atoms with van der Waals surface area (Å²) in [5, 5.41) is 2.87. The lowest BCUT2D eigenvalue weighted by atomic mass is 10.1. The van der Waals surface area contributed by atoms with Crippen molar-refractivity contribution in [3.63, 3.8) is 0 Å². The van der Waals surface area contributed by atoms with Crippen molar-refractivity contribution in [2.24, 2.45) is 0 Å². The minimum atomic E-state index is -0.0501. The fourth-order valence-electron chi connectivity index (χ4n) is 2.46. The number of nitrogens with zero attached hydrogens (tertiary/aromatic N) is 1. The van der Waals surface area contributed by atoms with Gasteiger partial charge in [-0.3, -0.25) is 4.79 Å². The van der Waals surface area contributed by atoms with Crippen LogP contribution in [0.25, 0.3) is 11.1 Å². The largest absolute Gasteiger partial charge is 0.495 e. The Morgan fingerprint density at radius 2 is 2.09 bits per heavy atom. The van der Waals surface area contributed by atoms with Gasteiger partial charge in [0.2, 0.25) is 5.91 Å². The summed E-state index contributed by atoms with van der Waals surface area (Å²) < 4.78 is 10.7. The number of oxazole rings is 1. The van der Waals surface area contributed by atoms with Crippen molar-refractivity contribution in [1.82, 2.24) is 4.98 Å². The number of benzene rings is 2. The fourth-order valence-corrected chi connectivity index (χ4v) is 2.46. The molecule has 1 amide bonds. The Balaban J connectivity index is 1.63. The maximum atomic E-state index is 12.1. The van der Waals surface area contributed by atoms with E-state index in [0.717, 1.165) is 16.7 Å². The molecule has 3 aromatic rings. The molecule has 1 heterocycles. The zero-order chi connectivity index (χ0) is 16.2. The molecule has 23 heavy (non-hydrogen) atoms. The van der Waals surface area contributed by atoms with Gasteiger partial charge in [0, 0.05) is 13.3 Å². The van der Waals surface area contributed by atoms with E-state index in [0.29, 0.717) is 30.2 Å². The second-order valence-corrected chi connectivity index (χ2v) is 5.28. The van der Waals surface area contributed by atoms with Crippen molar-refractivity contribution in [1.29, 1.82) is 0 Å². The van der Waals surface area contributed by atoms with Crippen LogP contribution in [0.1, 0.15) is 17.9 Å². The molecule has 118 valence electrons. The van der Waals surface area contributed by atoms with E-state index in [1.54, 1.807) is 7.11 Å². The van der Waals surface area contributed by atoms with E-state index in [4.69, 9.17) is 9.15 Å². The summed E-state index contributed by atoms with van der Waals surface area (Å²) in [5.41, 5.74) is 3.33. The molecular formula is C18H18N2O3. The third kappa shape index (κ3) is 3.51. The van der Waals surface area contributed by atoms with Crippen molar-refractivity contribution < 1.29 is 13.9 Å². The summed E-state index contributed by atoms with van der Waals surface area (Å²) in [6.45, 7) is 1.82. The van der Waals surface area contributed by atoms with Crippen LogP contribution in [0.3, 0.4) is 0 Å². The number of amides is 1. The number of fused-ring (bicyclic) bond motifs is 1. The molecule has 0 aliphatic carbocycles. The van der Waals surface area contributed by atoms with Crippen molar-refractivity contribution in [3.8, 4) is 5.75 Å². The lowest BCUT2D eigenvalue weighted by molar-refractivity contribution is -0.116. The lowest BCUT2D eigenvalue weighted by Crippen LogP contribution is -2.13. The van der Waals surface area contributed by atoms with E-state index in [-0.39, 0.29) is 5.91 Å². The first kappa shape index (κ1) is 15.1. The van der Waals surface area contributed by atoms with Crippen LogP contribution >= 0.6 is 0 Å². The third-order valence-corrected chi connectivity index (χ3v) is 3.58. The van der Waals surface area contributed by atoms with E-state index in [1.165, 1.54) is 0 Å². The highest BCUT2D eigenvalue weighted by Crippen LogP contribution is 2.23. The SMILES string of the molecule is COc1ccccc1NC(=O)CCc1ccc2oc(C)nc2c1. The molecule has 0 bridgehead atoms. The number of para-hydroxylation sites is 2. The van der Waals surface area contributed by atoms with Gasteiger partial charge in [0.05, 0.1) is 12.8 Å². The van der Waals surface area contributed by atoms with E-state index >= 15 is 0 Å². The Labute approximate surface area is 134 Å². The average Bonchev–Trinajstić information content (AvgIpc) is 2.92. The zero-order valence-electron chi connectivity index (χ0n) is 13.1. The van der Waals surface area contributed by atoms with E-state index in [9.17, 15) is 4.79 Å². The van der Waals surface area contributed by atoms with Crippen molar-refractivity contribution in [3.05, 3.63) is 53.9 Å². The van der Waals surface area contributed by atoms with Crippen molar-refractivity contribution >= 4 is 22.7 Å². The summed E-state index contributed by atoms with van der Waals surface area (Å²) in [6, 6.07) is 13.2. The third-order valence-electron chi connectivity index (χ3n) is 3.58. The topological polar surface area (TPSA) is 64.4 Å². The van der Waals surface area contributed by atoms with Crippen LogP contribution in [0, 0.1) is 6.92 Å². The highest BCUT2D eigenvalue weighted by atomic mass is 16.5. The Kier molecular flexibility index (Phi) is 4.28. The monoisotopic (exact) mass is 310 g/mol. The Bertz CT molecular complexity index is 839. The van der Waals surface area contributed by atoms with Gasteiger partial charge in [-0.2, -0.15) is 0 Å². The van der Waals surface area contributed by atoms with Gasteiger partial charge in [-0.25, -0.2) is 4.98 Å². The summed E-state index contributed by atoms with van der Waals surface area (Å²) in [6.07, 6.45) is 1.03. The minimum absolute atomic E-state index is 0.0501. The van der Waals surface area contributed by atoms with Gasteiger partial charge < -0.3 is 14.5 Å². The van der Waals surface area contributed by atoms with Crippen LogP contribution in [-0.2, 0) is 11.2 Å². The summed E-state index contributed by atoms with van der Waals surface area (Å²) >= 11 is 0. The molecule has 0 radical (unpaired) electrons. The van der Waals surface area contributed by atoms with E-state index in [2.05, 4.69) is 10.3 Å². The molecule has 2 aromatic carbocycles. The number of anilines is 1. The number of hydrogen-bond donors (Lipinski definition) is 1. The molecule has 0 aliphatic rings. The van der Waals surface area contributed by atoms with E-state index < -0.39 is 0 Å². The molecule has 0 aliphatic heterocycles. The standard InChI is InChI=1S/C18H18N2O3/c1-12-19-15-11-13(7-9-17(15)23-12)8-10-18(21)20-14-5-3-4-6-16(14)22-2/h3-7,9,11H,8,10H2,1-2H3,(H,20,21). The molecule has 0 spiro atoms. The molecule has 0 atom stereocenters. The predicted molar refractivity (Wildman–Crippen MR) is 88.7 cm³/mol. The average molecular weight is 310 g/mol. The van der Waals surface area contributed by atoms with Crippen LogP contribution in [0.4, 0.5) is 5.69 Å². The van der Waals surface area contributed by atoms with Gasteiger partial charge in [-0.15, -0.1) is 0 Å². The molecule has 1 N–H and O–H groups in total. The molecule has 1 aromatic heterocycles. The molecule has 0 fully saturated rings. The molecular weight excluding hydrogens is 292 g/mol. The number of hydrogen-bond acceptors (Lipinski definition) is 4. The van der Waals surface area contributed by atoms with Gasteiger partial charge in [0.15, 0.2) is 11.5 Å². The fraction of sp³-hybridized carbons (Fsp3) is 0.222. The van der Waals surface area contributed by atoms with E-state index in [1.807, 2.05) is 49.4 Å². The van der Waals surface area contributed by atoms with Crippen LogP contribution in [0.2, 0.25) is 0 Å². The number of carbonyl (C=O) groups is 1. The second-order valence-electron chi connectivity index (χ2n) is 5.28. The van der Waals surface area contributed by atoms with Gasteiger partial charge in [0.1, 0.15) is 11.3 Å². The van der Waals surface area contributed by atoms with Crippen LogP contribution < -0.4 is 10.1 Å². The Hall–Kier alpha value is -2.82. The molecule has 3 rings (SSSR count). The number of rotatable bonds is 5. The van der Waals surface area contributed by atoms with Crippen LogP contribution in [0.5, 0.6) is 5.75 Å². The van der Waals surface area contributed by atoms with Crippen molar-refractivity contribution in [2.75, 3.05) is 12.4 Å². The summed E-state index contributed by atoms with van der Waals surface area (Å²) in [5.74, 6) is 1.25. The maximum Gasteiger partial charge on any atom is 0.224 e. The number of aromatic nitrogens is 1. The molecule has 0 saturated heterocycles. The predicted octanol–water partition coefficient (Wildman–Crippen LogP) is 3.72. The highest BCUT2D eigenvalue weighted by molar-refractivity contribution is 5.92. The van der Waals surface area contributed by atoms with Gasteiger partial charge in [-0.1, -0.05) is 18.2 Å². The van der Waals surface area contributed by atoms with Crippen LogP contribution in [-0.4, -0.2) is 18.0 Å². The molecule has 5 heteroatoms. The Morgan fingerprint density at radius 3 is 2.91 bits per heavy atom. The number of carbonyl (C=O) groups excluding carboxylic acids is 1. The smallest absolute Gasteiger partial charge is 0.224 e. The Morgan fingerprint density at radius 1 is 1.26 bits per heavy atom. The summed E-state index contributed by atoms with van der Waals surface area (Å²) in [7, 11) is 1.58. The normalized spacial score (nSPS) is 10.7. The maximum absolute atomic E-state index is 12.1. The minimum Gasteiger partial charge on any atom is -0.495 e. The molecule has 0 unspecified atom stereocenters. The highest BCUT2D eigenvalue weighted by Gasteiger charge is 2.08. The lowest BCUT2D eigenvalue weighted by Gasteiger charge is -2.09. The number of aryl methyl sites for hydroxylation is 2. The molecule has 0 saturated carbocycles. The molecule has 5 nitrogen and oxygen atoms in total. The first-order valence-corrected chi connectivity index (χ1v) is 7.44. The summed E-state index contributed by atoms with van der Waals surface area (Å²) in [4.78, 5) is 16.4. The van der Waals surface area contributed by atoms with Gasteiger partial charge >= 0.3 is 0 Å². The quantitative estimate of drug-likeness (QED) is 0.780.